The van der Waals surface area contributed by atoms with E-state index >= 15 is 0 Å². The van der Waals surface area contributed by atoms with E-state index in [0.717, 1.165) is 31.4 Å². The van der Waals surface area contributed by atoms with Gasteiger partial charge in [-0.3, -0.25) is 10.1 Å². The summed E-state index contributed by atoms with van der Waals surface area (Å²) in [6, 6.07) is 14.7. The lowest BCUT2D eigenvalue weighted by molar-refractivity contribution is -0.128. The molecule has 0 aliphatic carbocycles. The number of carbonyl (C=O) groups excluding carboxylic acids is 1. The Bertz CT molecular complexity index is 1060. The van der Waals surface area contributed by atoms with Crippen LogP contribution >= 0.6 is 0 Å². The first-order valence-electron chi connectivity index (χ1n) is 14.0. The van der Waals surface area contributed by atoms with Crippen molar-refractivity contribution in [1.82, 2.24) is 15.5 Å². The van der Waals surface area contributed by atoms with E-state index < -0.39 is 30.1 Å². The van der Waals surface area contributed by atoms with E-state index in [1.807, 2.05) is 25.1 Å². The zero-order valence-electron chi connectivity index (χ0n) is 24.1. The Kier molecular flexibility index (Phi) is 11.5. The van der Waals surface area contributed by atoms with E-state index in [1.54, 1.807) is 13.8 Å². The van der Waals surface area contributed by atoms with Crippen LogP contribution < -0.4 is 10.6 Å². The molecule has 0 spiro atoms. The van der Waals surface area contributed by atoms with Gasteiger partial charge in [0.25, 0.3) is 0 Å². The fraction of sp³-hybridized carbons (Fsp3) is 0.581. The van der Waals surface area contributed by atoms with Gasteiger partial charge in [0.15, 0.2) is 0 Å². The summed E-state index contributed by atoms with van der Waals surface area (Å²) in [6.45, 7) is 7.22. The minimum Gasteiger partial charge on any atom is -0.391 e. The first-order chi connectivity index (χ1) is 18.4. The van der Waals surface area contributed by atoms with Gasteiger partial charge in [-0.1, -0.05) is 42.5 Å². The summed E-state index contributed by atoms with van der Waals surface area (Å²) < 4.78 is 5.72. The van der Waals surface area contributed by atoms with Gasteiger partial charge >= 0.3 is 0 Å². The van der Waals surface area contributed by atoms with Crippen molar-refractivity contribution in [3.63, 3.8) is 0 Å². The van der Waals surface area contributed by atoms with E-state index in [9.17, 15) is 20.1 Å². The number of rotatable bonds is 13. The second kappa shape index (κ2) is 14.3. The van der Waals surface area contributed by atoms with Crippen LogP contribution in [-0.4, -0.2) is 83.9 Å². The van der Waals surface area contributed by atoms with E-state index in [1.165, 1.54) is 22.3 Å². The van der Waals surface area contributed by atoms with Crippen molar-refractivity contribution in [2.24, 2.45) is 0 Å². The molecular weight excluding hydrogens is 494 g/mol. The standard InChI is InChI=1S/C31H47N3O5/c1-21-9-14-24(29-27(36)19-26(35)20-39-29)18-25(21)17-23-12-10-22(11-13-23)7-6-8-28(37)33-31(2,3)30(38)32-15-16-34(4)5/h9-14,18,26-29,33,35-37H,6-8,15-17,19-20H2,1-5H3,(H,32,38)/t26-,27+,28?,29-/m0/s1. The average molecular weight is 542 g/mol. The van der Waals surface area contributed by atoms with E-state index in [2.05, 4.69) is 54.0 Å². The molecule has 1 unspecified atom stereocenters. The number of nitrogens with zero attached hydrogens (tertiary/aromatic N) is 1. The minimum atomic E-state index is -0.856. The molecule has 1 aliphatic rings. The predicted molar refractivity (Wildman–Crippen MR) is 153 cm³/mol. The maximum atomic E-state index is 12.5. The molecule has 2 aromatic rings. The number of likely N-dealkylation sites (N-methyl/N-ethyl adjacent to an activating group) is 1. The molecule has 3 rings (SSSR count). The topological polar surface area (TPSA) is 114 Å². The van der Waals surface area contributed by atoms with Gasteiger partial charge in [-0.05, 0) is 88.4 Å². The Morgan fingerprint density at radius 2 is 1.82 bits per heavy atom. The number of nitrogens with one attached hydrogen (secondary N) is 2. The Balaban J connectivity index is 1.47. The zero-order chi connectivity index (χ0) is 28.6. The van der Waals surface area contributed by atoms with Crippen molar-refractivity contribution >= 4 is 5.91 Å². The maximum Gasteiger partial charge on any atom is 0.239 e. The zero-order valence-corrected chi connectivity index (χ0v) is 24.1. The van der Waals surface area contributed by atoms with E-state index in [0.29, 0.717) is 19.4 Å². The van der Waals surface area contributed by atoms with Gasteiger partial charge in [-0.15, -0.1) is 0 Å². The number of hydrogen-bond acceptors (Lipinski definition) is 7. The van der Waals surface area contributed by atoms with Crippen LogP contribution in [0.1, 0.15) is 67.0 Å². The third-order valence-electron chi connectivity index (χ3n) is 7.33. The van der Waals surface area contributed by atoms with Gasteiger partial charge in [0.2, 0.25) is 5.91 Å². The van der Waals surface area contributed by atoms with Crippen molar-refractivity contribution in [1.29, 1.82) is 0 Å². The van der Waals surface area contributed by atoms with Crippen LogP contribution in [0.3, 0.4) is 0 Å². The van der Waals surface area contributed by atoms with Crippen LogP contribution in [0.5, 0.6) is 0 Å². The monoisotopic (exact) mass is 541 g/mol. The first-order valence-corrected chi connectivity index (χ1v) is 14.0. The normalized spacial score (nSPS) is 20.7. The van der Waals surface area contributed by atoms with Crippen LogP contribution in [0.2, 0.25) is 0 Å². The highest BCUT2D eigenvalue weighted by Crippen LogP contribution is 2.30. The van der Waals surface area contributed by atoms with Crippen LogP contribution in [-0.2, 0) is 22.4 Å². The molecule has 216 valence electrons. The third kappa shape index (κ3) is 9.67. The van der Waals surface area contributed by atoms with Crippen LogP contribution in [0.25, 0.3) is 0 Å². The third-order valence-corrected chi connectivity index (χ3v) is 7.33. The number of amides is 1. The number of carbonyl (C=O) groups is 1. The van der Waals surface area contributed by atoms with Crippen LogP contribution in [0, 0.1) is 6.92 Å². The quantitative estimate of drug-likeness (QED) is 0.248. The first kappa shape index (κ1) is 31.2. The number of benzene rings is 2. The molecular formula is C31H47N3O5. The lowest BCUT2D eigenvalue weighted by atomic mass is 9.92. The number of aryl methyl sites for hydroxylation is 2. The molecule has 1 heterocycles. The van der Waals surface area contributed by atoms with Gasteiger partial charge in [-0.2, -0.15) is 0 Å². The highest BCUT2D eigenvalue weighted by Gasteiger charge is 2.31. The van der Waals surface area contributed by atoms with Gasteiger partial charge in [0.05, 0.1) is 24.4 Å². The molecule has 8 nitrogen and oxygen atoms in total. The van der Waals surface area contributed by atoms with Crippen molar-refractivity contribution in [3.8, 4) is 0 Å². The van der Waals surface area contributed by atoms with Gasteiger partial charge in [-0.25, -0.2) is 0 Å². The predicted octanol–water partition coefficient (Wildman–Crippen LogP) is 2.46. The Morgan fingerprint density at radius 1 is 1.13 bits per heavy atom. The average Bonchev–Trinajstić information content (AvgIpc) is 2.86. The van der Waals surface area contributed by atoms with E-state index in [4.69, 9.17) is 4.74 Å². The van der Waals surface area contributed by atoms with Crippen molar-refractivity contribution in [2.75, 3.05) is 33.8 Å². The van der Waals surface area contributed by atoms with Gasteiger partial charge in [0, 0.05) is 19.5 Å². The number of hydrogen-bond donors (Lipinski definition) is 5. The van der Waals surface area contributed by atoms with E-state index in [-0.39, 0.29) is 12.5 Å². The Hall–Kier alpha value is -2.33. The molecule has 39 heavy (non-hydrogen) atoms. The smallest absolute Gasteiger partial charge is 0.239 e. The molecule has 0 saturated carbocycles. The molecule has 0 bridgehead atoms. The molecule has 5 N–H and O–H groups in total. The second-order valence-corrected chi connectivity index (χ2v) is 11.6. The molecule has 1 amide bonds. The summed E-state index contributed by atoms with van der Waals surface area (Å²) in [5.74, 6) is -0.124. The highest BCUT2D eigenvalue weighted by atomic mass is 16.5. The molecule has 0 aromatic heterocycles. The number of aliphatic hydroxyl groups is 3. The lowest BCUT2D eigenvalue weighted by Gasteiger charge is -2.31. The van der Waals surface area contributed by atoms with Crippen LogP contribution in [0.15, 0.2) is 42.5 Å². The fourth-order valence-electron chi connectivity index (χ4n) is 4.88. The summed E-state index contributed by atoms with van der Waals surface area (Å²) in [5, 5.41) is 36.5. The summed E-state index contributed by atoms with van der Waals surface area (Å²) in [7, 11) is 3.92. The van der Waals surface area contributed by atoms with Crippen molar-refractivity contribution in [2.45, 2.75) is 83.0 Å². The number of ether oxygens (including phenoxy) is 1. The summed E-state index contributed by atoms with van der Waals surface area (Å²) >= 11 is 0. The molecule has 2 aromatic carbocycles. The van der Waals surface area contributed by atoms with Crippen LogP contribution in [0.4, 0.5) is 0 Å². The molecule has 0 radical (unpaired) electrons. The molecule has 1 saturated heterocycles. The largest absolute Gasteiger partial charge is 0.391 e. The Morgan fingerprint density at radius 3 is 2.49 bits per heavy atom. The molecule has 1 fully saturated rings. The minimum absolute atomic E-state index is 0.124. The van der Waals surface area contributed by atoms with Crippen molar-refractivity contribution in [3.05, 3.63) is 70.3 Å². The number of aliphatic hydroxyl groups excluding tert-OH is 3. The lowest BCUT2D eigenvalue weighted by Crippen LogP contribution is -2.56. The molecule has 8 heteroatoms. The van der Waals surface area contributed by atoms with Crippen molar-refractivity contribution < 1.29 is 24.9 Å². The molecule has 4 atom stereocenters. The summed E-state index contributed by atoms with van der Waals surface area (Å²) in [6.07, 6.45) is 0.786. The molecule has 1 aliphatic heterocycles. The Labute approximate surface area is 233 Å². The summed E-state index contributed by atoms with van der Waals surface area (Å²) in [4.78, 5) is 14.5. The maximum absolute atomic E-state index is 12.5. The van der Waals surface area contributed by atoms with Gasteiger partial charge in [0.1, 0.15) is 12.3 Å². The SMILES string of the molecule is Cc1ccc([C@@H]2OC[C@@H](O)C[C@H]2O)cc1Cc1ccc(CCCC(O)NC(C)(C)C(=O)NCCN(C)C)cc1. The fourth-order valence-corrected chi connectivity index (χ4v) is 4.88. The van der Waals surface area contributed by atoms with Gasteiger partial charge < -0.3 is 30.3 Å². The highest BCUT2D eigenvalue weighted by molar-refractivity contribution is 5.85. The second-order valence-electron chi connectivity index (χ2n) is 11.6. The summed E-state index contributed by atoms with van der Waals surface area (Å²) in [5.41, 5.74) is 4.85.